The molecule has 0 aromatic rings. The van der Waals surface area contributed by atoms with Gasteiger partial charge in [0.05, 0.1) is 6.10 Å². The molecule has 90 valence electrons. The highest BCUT2D eigenvalue weighted by molar-refractivity contribution is 5.17. The molecule has 0 aromatic heterocycles. The van der Waals surface area contributed by atoms with Gasteiger partial charge >= 0.3 is 0 Å². The first kappa shape index (κ1) is 13.2. The summed E-state index contributed by atoms with van der Waals surface area (Å²) in [7, 11) is 0. The van der Waals surface area contributed by atoms with E-state index >= 15 is 0 Å². The van der Waals surface area contributed by atoms with Crippen LogP contribution >= 0.6 is 0 Å². The molecule has 1 heteroatoms. The molecule has 0 saturated carbocycles. The number of aliphatic hydroxyl groups excluding tert-OH is 1. The van der Waals surface area contributed by atoms with Crippen LogP contribution in [0.3, 0.4) is 0 Å². The summed E-state index contributed by atoms with van der Waals surface area (Å²) in [5.74, 6) is 1.20. The molecule has 0 radical (unpaired) electrons. The van der Waals surface area contributed by atoms with Crippen molar-refractivity contribution in [3.05, 3.63) is 36.5 Å². The third-order valence-electron chi connectivity index (χ3n) is 3.44. The molecule has 1 N–H and O–H groups in total. The molecule has 1 nitrogen and oxygen atoms in total. The molecule has 0 aliphatic heterocycles. The molecule has 0 fully saturated rings. The maximum absolute atomic E-state index is 9.88. The van der Waals surface area contributed by atoms with Crippen LogP contribution in [0.4, 0.5) is 0 Å². The van der Waals surface area contributed by atoms with Gasteiger partial charge in [0.2, 0.25) is 0 Å². The number of hydrogen-bond donors (Lipinski definition) is 1. The van der Waals surface area contributed by atoms with Crippen LogP contribution in [0.15, 0.2) is 36.5 Å². The van der Waals surface area contributed by atoms with Gasteiger partial charge in [0, 0.05) is 0 Å². The minimum absolute atomic E-state index is 0.351. The zero-order valence-electron chi connectivity index (χ0n) is 10.6. The van der Waals surface area contributed by atoms with Crippen LogP contribution in [0.2, 0.25) is 0 Å². The van der Waals surface area contributed by atoms with Crippen molar-refractivity contribution in [1.29, 1.82) is 0 Å². The molecule has 16 heavy (non-hydrogen) atoms. The summed E-state index contributed by atoms with van der Waals surface area (Å²) >= 11 is 0. The van der Waals surface area contributed by atoms with Crippen LogP contribution in [0.5, 0.6) is 0 Å². The highest BCUT2D eigenvalue weighted by Gasteiger charge is 2.15. The SMILES string of the molecule is C=C1C=C[C@H](C(C)C)CCC(=C)C(O)CC1. The van der Waals surface area contributed by atoms with Crippen molar-refractivity contribution >= 4 is 0 Å². The number of aliphatic hydroxyl groups is 1. The van der Waals surface area contributed by atoms with E-state index < -0.39 is 0 Å². The minimum atomic E-state index is -0.351. The third-order valence-corrected chi connectivity index (χ3v) is 3.44. The minimum Gasteiger partial charge on any atom is -0.389 e. The lowest BCUT2D eigenvalue weighted by molar-refractivity contribution is 0.195. The van der Waals surface area contributed by atoms with Crippen molar-refractivity contribution in [1.82, 2.24) is 0 Å². The van der Waals surface area contributed by atoms with Crippen LogP contribution in [0, 0.1) is 11.8 Å². The van der Waals surface area contributed by atoms with Gasteiger partial charge in [-0.2, -0.15) is 0 Å². The van der Waals surface area contributed by atoms with Gasteiger partial charge in [0.15, 0.2) is 0 Å². The summed E-state index contributed by atoms with van der Waals surface area (Å²) in [6, 6.07) is 0. The Morgan fingerprint density at radius 1 is 1.25 bits per heavy atom. The Morgan fingerprint density at radius 2 is 1.94 bits per heavy atom. The zero-order chi connectivity index (χ0) is 12.1. The van der Waals surface area contributed by atoms with Gasteiger partial charge in [0.25, 0.3) is 0 Å². The summed E-state index contributed by atoms with van der Waals surface area (Å²) in [5, 5.41) is 9.88. The Bertz CT molecular complexity index is 286. The summed E-state index contributed by atoms with van der Waals surface area (Å²) in [5.41, 5.74) is 2.09. The van der Waals surface area contributed by atoms with E-state index in [1.807, 2.05) is 0 Å². The Hall–Kier alpha value is -0.820. The molecular formula is C15H24O. The van der Waals surface area contributed by atoms with E-state index in [9.17, 15) is 5.11 Å². The maximum Gasteiger partial charge on any atom is 0.0750 e. The van der Waals surface area contributed by atoms with Gasteiger partial charge in [0.1, 0.15) is 0 Å². The van der Waals surface area contributed by atoms with Crippen molar-refractivity contribution in [3.8, 4) is 0 Å². The van der Waals surface area contributed by atoms with E-state index in [2.05, 4.69) is 39.2 Å². The van der Waals surface area contributed by atoms with E-state index in [1.165, 1.54) is 0 Å². The molecule has 0 spiro atoms. The van der Waals surface area contributed by atoms with E-state index in [0.29, 0.717) is 11.8 Å². The molecule has 1 rings (SSSR count). The largest absolute Gasteiger partial charge is 0.389 e. The molecule has 1 aliphatic carbocycles. The smallest absolute Gasteiger partial charge is 0.0750 e. The van der Waals surface area contributed by atoms with Crippen LogP contribution in [0.25, 0.3) is 0 Å². The Kier molecular flexibility index (Phi) is 5.01. The summed E-state index contributed by atoms with van der Waals surface area (Å²) < 4.78 is 0. The van der Waals surface area contributed by atoms with Crippen molar-refractivity contribution in [2.75, 3.05) is 0 Å². The normalized spacial score (nSPS) is 28.5. The fourth-order valence-corrected chi connectivity index (χ4v) is 2.04. The van der Waals surface area contributed by atoms with Gasteiger partial charge in [-0.05, 0) is 43.1 Å². The van der Waals surface area contributed by atoms with E-state index in [1.54, 1.807) is 0 Å². The quantitative estimate of drug-likeness (QED) is 0.665. The predicted octanol–water partition coefficient (Wildman–Crippen LogP) is 3.86. The van der Waals surface area contributed by atoms with Crippen LogP contribution in [0.1, 0.15) is 39.5 Å². The Labute approximate surface area is 99.6 Å². The first-order valence-electron chi connectivity index (χ1n) is 6.22. The van der Waals surface area contributed by atoms with Gasteiger partial charge in [-0.3, -0.25) is 0 Å². The molecule has 1 aliphatic rings. The van der Waals surface area contributed by atoms with E-state index in [-0.39, 0.29) is 6.10 Å². The third kappa shape index (κ3) is 3.97. The second kappa shape index (κ2) is 6.05. The summed E-state index contributed by atoms with van der Waals surface area (Å²) in [4.78, 5) is 0. The number of rotatable bonds is 1. The molecule has 1 unspecified atom stereocenters. The number of allylic oxidation sites excluding steroid dienone is 3. The number of hydrogen-bond acceptors (Lipinski definition) is 1. The van der Waals surface area contributed by atoms with Gasteiger partial charge in [-0.25, -0.2) is 0 Å². The molecule has 0 saturated heterocycles. The molecule has 0 bridgehead atoms. The highest BCUT2D eigenvalue weighted by atomic mass is 16.3. The van der Waals surface area contributed by atoms with E-state index in [4.69, 9.17) is 0 Å². The summed E-state index contributed by atoms with van der Waals surface area (Å²) in [6.07, 6.45) is 7.69. The molecule has 0 aromatic carbocycles. The predicted molar refractivity (Wildman–Crippen MR) is 70.2 cm³/mol. The lowest BCUT2D eigenvalue weighted by Crippen LogP contribution is -2.13. The zero-order valence-corrected chi connectivity index (χ0v) is 10.6. The monoisotopic (exact) mass is 220 g/mol. The standard InChI is InChI=1S/C15H24O/c1-11(2)14-8-5-12(3)6-10-15(16)13(4)7-9-14/h5,8,11,14-16H,3-4,6-7,9-10H2,1-2H3/t14-,15?/m0/s1. The summed E-state index contributed by atoms with van der Waals surface area (Å²) in [6.45, 7) is 12.5. The second-order valence-electron chi connectivity index (χ2n) is 5.18. The van der Waals surface area contributed by atoms with Gasteiger partial charge in [-0.15, -0.1) is 0 Å². The second-order valence-corrected chi connectivity index (χ2v) is 5.18. The van der Waals surface area contributed by atoms with Crippen molar-refractivity contribution in [3.63, 3.8) is 0 Å². The lowest BCUT2D eigenvalue weighted by Gasteiger charge is -2.21. The van der Waals surface area contributed by atoms with Crippen LogP contribution in [-0.2, 0) is 0 Å². The Balaban J connectivity index is 2.75. The van der Waals surface area contributed by atoms with Crippen LogP contribution < -0.4 is 0 Å². The van der Waals surface area contributed by atoms with Gasteiger partial charge in [-0.1, -0.05) is 44.7 Å². The van der Waals surface area contributed by atoms with Crippen molar-refractivity contribution in [2.45, 2.75) is 45.6 Å². The maximum atomic E-state index is 9.88. The average Bonchev–Trinajstić information content (AvgIpc) is 2.23. The van der Waals surface area contributed by atoms with Crippen molar-refractivity contribution < 1.29 is 5.11 Å². The fraction of sp³-hybridized carbons (Fsp3) is 0.600. The van der Waals surface area contributed by atoms with E-state index in [0.717, 1.165) is 36.8 Å². The Morgan fingerprint density at radius 3 is 2.56 bits per heavy atom. The average molecular weight is 220 g/mol. The molecular weight excluding hydrogens is 196 g/mol. The molecule has 0 heterocycles. The lowest BCUT2D eigenvalue weighted by atomic mass is 9.86. The topological polar surface area (TPSA) is 20.2 Å². The first-order valence-corrected chi connectivity index (χ1v) is 6.22. The van der Waals surface area contributed by atoms with Crippen LogP contribution in [-0.4, -0.2) is 11.2 Å². The highest BCUT2D eigenvalue weighted by Crippen LogP contribution is 2.25. The molecule has 2 atom stereocenters. The fourth-order valence-electron chi connectivity index (χ4n) is 2.04. The molecule has 0 amide bonds. The first-order chi connectivity index (χ1) is 7.50. The van der Waals surface area contributed by atoms with Crippen molar-refractivity contribution in [2.24, 2.45) is 11.8 Å². The van der Waals surface area contributed by atoms with Gasteiger partial charge < -0.3 is 5.11 Å².